The van der Waals surface area contributed by atoms with E-state index in [0.29, 0.717) is 5.69 Å². The van der Waals surface area contributed by atoms with Crippen molar-refractivity contribution in [2.75, 3.05) is 5.32 Å². The largest absolute Gasteiger partial charge is 0.377 e. The number of carbonyl (C=O) groups is 2. The van der Waals surface area contributed by atoms with E-state index in [1.54, 1.807) is 23.5 Å². The third kappa shape index (κ3) is 3.57. The van der Waals surface area contributed by atoms with Gasteiger partial charge < -0.3 is 16.8 Å². The molecule has 6 nitrogen and oxygen atoms in total. The molecule has 2 aromatic rings. The maximum atomic E-state index is 11.3. The van der Waals surface area contributed by atoms with Gasteiger partial charge in [-0.15, -0.1) is 11.3 Å². The Morgan fingerprint density at radius 3 is 2.19 bits per heavy atom. The number of thiazole rings is 1. The monoisotopic (exact) mass is 304 g/mol. The molecule has 1 unspecified atom stereocenters. The lowest BCUT2D eigenvalue weighted by molar-refractivity contribution is 0.0999. The number of primary amides is 2. The Hall–Kier alpha value is -2.41. The van der Waals surface area contributed by atoms with Crippen molar-refractivity contribution in [1.82, 2.24) is 4.98 Å². The summed E-state index contributed by atoms with van der Waals surface area (Å²) in [5.41, 5.74) is 12.5. The van der Waals surface area contributed by atoms with Gasteiger partial charge in [0.05, 0.1) is 16.7 Å². The third-order valence-electron chi connectivity index (χ3n) is 2.97. The second-order valence-electron chi connectivity index (χ2n) is 4.68. The normalized spacial score (nSPS) is 11.9. The molecule has 0 radical (unpaired) electrons. The van der Waals surface area contributed by atoms with Crippen LogP contribution >= 0.6 is 11.3 Å². The number of aromatic nitrogens is 1. The minimum atomic E-state index is -0.613. The summed E-state index contributed by atoms with van der Waals surface area (Å²) >= 11 is 1.56. The van der Waals surface area contributed by atoms with Gasteiger partial charge in [0.2, 0.25) is 11.8 Å². The zero-order valence-corrected chi connectivity index (χ0v) is 12.5. The number of hydrogen-bond donors (Lipinski definition) is 3. The van der Waals surface area contributed by atoms with Crippen LogP contribution in [-0.2, 0) is 0 Å². The minimum absolute atomic E-state index is 0.0706. The number of carbonyl (C=O) groups excluding carboxylic acids is 2. The minimum Gasteiger partial charge on any atom is -0.377 e. The first kappa shape index (κ1) is 15.0. The molecule has 0 saturated carbocycles. The first-order valence-corrected chi connectivity index (χ1v) is 7.18. The Morgan fingerprint density at radius 1 is 1.19 bits per heavy atom. The molecule has 2 amide bonds. The second-order valence-corrected chi connectivity index (χ2v) is 5.75. The average molecular weight is 304 g/mol. The van der Waals surface area contributed by atoms with Crippen LogP contribution in [0.15, 0.2) is 23.6 Å². The van der Waals surface area contributed by atoms with E-state index in [9.17, 15) is 9.59 Å². The maximum Gasteiger partial charge on any atom is 0.248 e. The Kier molecular flexibility index (Phi) is 4.23. The molecule has 0 bridgehead atoms. The van der Waals surface area contributed by atoms with E-state index < -0.39 is 11.8 Å². The summed E-state index contributed by atoms with van der Waals surface area (Å²) in [6.45, 7) is 3.87. The summed E-state index contributed by atoms with van der Waals surface area (Å²) in [5, 5.41) is 6.12. The van der Waals surface area contributed by atoms with Crippen molar-refractivity contribution in [1.29, 1.82) is 0 Å². The van der Waals surface area contributed by atoms with Gasteiger partial charge >= 0.3 is 0 Å². The van der Waals surface area contributed by atoms with Crippen LogP contribution in [0.1, 0.15) is 44.4 Å². The molecule has 0 aliphatic carbocycles. The fourth-order valence-electron chi connectivity index (χ4n) is 1.90. The topological polar surface area (TPSA) is 111 Å². The highest BCUT2D eigenvalue weighted by atomic mass is 32.1. The Labute approximate surface area is 126 Å². The van der Waals surface area contributed by atoms with Gasteiger partial charge in [0.1, 0.15) is 0 Å². The third-order valence-corrected chi connectivity index (χ3v) is 3.76. The molecular formula is C14H16N4O2S. The lowest BCUT2D eigenvalue weighted by Gasteiger charge is -2.14. The fourth-order valence-corrected chi connectivity index (χ4v) is 2.60. The summed E-state index contributed by atoms with van der Waals surface area (Å²) in [5.74, 6) is -1.23. The van der Waals surface area contributed by atoms with Crippen LogP contribution in [0.2, 0.25) is 0 Å². The van der Waals surface area contributed by atoms with Crippen LogP contribution in [0.4, 0.5) is 5.69 Å². The van der Waals surface area contributed by atoms with Crippen LogP contribution in [0, 0.1) is 6.92 Å². The summed E-state index contributed by atoms with van der Waals surface area (Å²) < 4.78 is 0. The zero-order chi connectivity index (χ0) is 15.6. The van der Waals surface area contributed by atoms with Crippen LogP contribution < -0.4 is 16.8 Å². The Balaban J connectivity index is 2.30. The molecular weight excluding hydrogens is 288 g/mol. The van der Waals surface area contributed by atoms with Gasteiger partial charge in [0.15, 0.2) is 0 Å². The van der Waals surface area contributed by atoms with E-state index >= 15 is 0 Å². The fraction of sp³-hybridized carbons (Fsp3) is 0.214. The maximum absolute atomic E-state index is 11.3. The molecule has 110 valence electrons. The summed E-state index contributed by atoms with van der Waals surface area (Å²) in [6.07, 6.45) is 0. The van der Waals surface area contributed by atoms with Gasteiger partial charge in [-0.3, -0.25) is 9.59 Å². The highest BCUT2D eigenvalue weighted by Gasteiger charge is 2.13. The molecule has 0 aliphatic rings. The quantitative estimate of drug-likeness (QED) is 0.782. The van der Waals surface area contributed by atoms with Gasteiger partial charge in [0, 0.05) is 22.2 Å². The van der Waals surface area contributed by atoms with E-state index in [-0.39, 0.29) is 17.2 Å². The van der Waals surface area contributed by atoms with Crippen molar-refractivity contribution in [3.8, 4) is 0 Å². The Morgan fingerprint density at radius 2 is 1.76 bits per heavy atom. The number of hydrogen-bond acceptors (Lipinski definition) is 5. The van der Waals surface area contributed by atoms with Crippen molar-refractivity contribution >= 4 is 28.8 Å². The predicted octanol–water partition coefficient (Wildman–Crippen LogP) is 1.82. The average Bonchev–Trinajstić information content (AvgIpc) is 2.85. The number of aryl methyl sites for hydroxylation is 1. The highest BCUT2D eigenvalue weighted by molar-refractivity contribution is 7.09. The molecule has 1 aromatic carbocycles. The van der Waals surface area contributed by atoms with Crippen molar-refractivity contribution in [2.24, 2.45) is 11.5 Å². The lowest BCUT2D eigenvalue weighted by atomic mass is 10.1. The Bertz CT molecular complexity index is 664. The molecule has 5 N–H and O–H groups in total. The van der Waals surface area contributed by atoms with Gasteiger partial charge in [-0.1, -0.05) is 0 Å². The number of nitrogens with two attached hydrogens (primary N) is 2. The molecule has 21 heavy (non-hydrogen) atoms. The van der Waals surface area contributed by atoms with E-state index in [0.717, 1.165) is 10.7 Å². The van der Waals surface area contributed by atoms with Crippen molar-refractivity contribution < 1.29 is 9.59 Å². The number of benzene rings is 1. The molecule has 2 rings (SSSR count). The van der Waals surface area contributed by atoms with Crippen molar-refractivity contribution in [3.05, 3.63) is 45.4 Å². The van der Waals surface area contributed by atoms with E-state index in [1.165, 1.54) is 6.07 Å². The van der Waals surface area contributed by atoms with Crippen molar-refractivity contribution in [2.45, 2.75) is 19.9 Å². The molecule has 0 aliphatic heterocycles. The second kappa shape index (κ2) is 5.92. The molecule has 1 aromatic heterocycles. The van der Waals surface area contributed by atoms with Gasteiger partial charge in [-0.25, -0.2) is 4.98 Å². The van der Waals surface area contributed by atoms with Crippen LogP contribution in [0.3, 0.4) is 0 Å². The van der Waals surface area contributed by atoms with Gasteiger partial charge in [-0.05, 0) is 32.0 Å². The number of amides is 2. The van der Waals surface area contributed by atoms with Gasteiger partial charge in [0.25, 0.3) is 0 Å². The molecule has 0 fully saturated rings. The number of anilines is 1. The van der Waals surface area contributed by atoms with Crippen LogP contribution in [0.25, 0.3) is 0 Å². The smallest absolute Gasteiger partial charge is 0.248 e. The molecule has 0 saturated heterocycles. The number of rotatable bonds is 5. The highest BCUT2D eigenvalue weighted by Crippen LogP contribution is 2.22. The standard InChI is InChI=1S/C14H16N4O2S/c1-7(12-6-21-8(2)18-12)17-11-4-9(13(15)19)3-10(5-11)14(16)20/h3-7,17H,1-2H3,(H2,15,19)(H2,16,20). The van der Waals surface area contributed by atoms with Gasteiger partial charge in [-0.2, -0.15) is 0 Å². The summed E-state index contributed by atoms with van der Waals surface area (Å²) in [7, 11) is 0. The van der Waals surface area contributed by atoms with E-state index in [1.807, 2.05) is 19.2 Å². The summed E-state index contributed by atoms with van der Waals surface area (Å²) in [4.78, 5) is 27.0. The molecule has 1 heterocycles. The molecule has 7 heteroatoms. The first-order chi connectivity index (χ1) is 9.86. The first-order valence-electron chi connectivity index (χ1n) is 6.30. The van der Waals surface area contributed by atoms with Crippen molar-refractivity contribution in [3.63, 3.8) is 0 Å². The van der Waals surface area contributed by atoms with Crippen LogP contribution in [-0.4, -0.2) is 16.8 Å². The SMILES string of the molecule is Cc1nc(C(C)Nc2cc(C(N)=O)cc(C(N)=O)c2)cs1. The van der Waals surface area contributed by atoms with E-state index in [4.69, 9.17) is 11.5 Å². The zero-order valence-electron chi connectivity index (χ0n) is 11.7. The number of nitrogens with zero attached hydrogens (tertiary/aromatic N) is 1. The predicted molar refractivity (Wildman–Crippen MR) is 82.4 cm³/mol. The molecule has 1 atom stereocenters. The van der Waals surface area contributed by atoms with E-state index in [2.05, 4.69) is 10.3 Å². The summed E-state index contributed by atoms with van der Waals surface area (Å²) in [6, 6.07) is 4.49. The van der Waals surface area contributed by atoms with Crippen LogP contribution in [0.5, 0.6) is 0 Å². The lowest BCUT2D eigenvalue weighted by Crippen LogP contribution is -2.17. The number of nitrogens with one attached hydrogen (secondary N) is 1. The molecule has 0 spiro atoms.